The Balaban J connectivity index is 1.58. The largest absolute Gasteiger partial charge is 0.375 e. The van der Waals surface area contributed by atoms with Gasteiger partial charge in [-0.3, -0.25) is 0 Å². The zero-order chi connectivity index (χ0) is 13.1. The topological polar surface area (TPSA) is 36.3 Å². The van der Waals surface area contributed by atoms with E-state index in [1.807, 2.05) is 0 Å². The third-order valence-corrected chi connectivity index (χ3v) is 6.09. The third-order valence-electron chi connectivity index (χ3n) is 5.10. The Labute approximate surface area is 120 Å². The molecule has 0 aromatic carbocycles. The number of hydrogen-bond acceptors (Lipinski definition) is 4. The maximum Gasteiger partial charge on any atom is 0.0713 e. The molecular formula is C15H24N2OS. The second kappa shape index (κ2) is 6.03. The van der Waals surface area contributed by atoms with Crippen LogP contribution in [0.3, 0.4) is 0 Å². The van der Waals surface area contributed by atoms with Gasteiger partial charge >= 0.3 is 0 Å². The average Bonchev–Trinajstić information content (AvgIpc) is 2.48. The molecule has 1 unspecified atom stereocenters. The van der Waals surface area contributed by atoms with Crippen LogP contribution in [0.25, 0.3) is 0 Å². The number of nitriles is 1. The van der Waals surface area contributed by atoms with Crippen molar-refractivity contribution >= 4 is 11.8 Å². The average molecular weight is 280 g/mol. The van der Waals surface area contributed by atoms with Gasteiger partial charge in [0.25, 0.3) is 0 Å². The first-order valence-corrected chi connectivity index (χ1v) is 8.82. The molecule has 3 heterocycles. The van der Waals surface area contributed by atoms with E-state index in [1.54, 1.807) is 0 Å². The molecule has 3 nitrogen and oxygen atoms in total. The number of likely N-dealkylation sites (tertiary alicyclic amines) is 1. The van der Waals surface area contributed by atoms with Crippen LogP contribution in [-0.4, -0.2) is 47.7 Å². The molecule has 0 bridgehead atoms. The Morgan fingerprint density at radius 1 is 1.16 bits per heavy atom. The van der Waals surface area contributed by atoms with E-state index in [4.69, 9.17) is 10.00 Å². The lowest BCUT2D eigenvalue weighted by atomic mass is 9.84. The standard InChI is InChI=1S/C15H24N2OS/c16-12-13-1-6-17(7-2-13)14-3-8-18-15(11-14)4-9-19-10-5-15/h13-14H,1-11H2. The van der Waals surface area contributed by atoms with Crippen molar-refractivity contribution < 1.29 is 4.74 Å². The Kier molecular flexibility index (Phi) is 4.36. The number of thioether (sulfide) groups is 1. The molecule has 0 aromatic rings. The molecule has 3 aliphatic heterocycles. The van der Waals surface area contributed by atoms with E-state index in [9.17, 15) is 0 Å². The SMILES string of the molecule is N#CC1CCN(C2CCOC3(CCSCC3)C2)CC1. The van der Waals surface area contributed by atoms with Crippen LogP contribution in [-0.2, 0) is 4.74 Å². The van der Waals surface area contributed by atoms with Crippen LogP contribution in [0.5, 0.6) is 0 Å². The smallest absolute Gasteiger partial charge is 0.0713 e. The van der Waals surface area contributed by atoms with Gasteiger partial charge in [0.05, 0.1) is 11.7 Å². The summed E-state index contributed by atoms with van der Waals surface area (Å²) in [6, 6.07) is 3.14. The molecule has 3 aliphatic rings. The summed E-state index contributed by atoms with van der Waals surface area (Å²) in [6.07, 6.45) is 7.02. The molecule has 3 saturated heterocycles. The zero-order valence-corrected chi connectivity index (χ0v) is 12.5. The Morgan fingerprint density at radius 3 is 2.58 bits per heavy atom. The summed E-state index contributed by atoms with van der Waals surface area (Å²) in [7, 11) is 0. The fourth-order valence-electron chi connectivity index (χ4n) is 3.80. The molecular weight excluding hydrogens is 256 g/mol. The Hall–Kier alpha value is -0.240. The summed E-state index contributed by atoms with van der Waals surface area (Å²) in [6.45, 7) is 3.18. The maximum absolute atomic E-state index is 9.00. The molecule has 1 atom stereocenters. The monoisotopic (exact) mass is 280 g/mol. The third kappa shape index (κ3) is 3.09. The summed E-state index contributed by atoms with van der Waals surface area (Å²) < 4.78 is 6.18. The van der Waals surface area contributed by atoms with Gasteiger partial charge in [-0.25, -0.2) is 0 Å². The minimum absolute atomic E-state index is 0.195. The number of rotatable bonds is 1. The van der Waals surface area contributed by atoms with Gasteiger partial charge in [0.1, 0.15) is 0 Å². The lowest BCUT2D eigenvalue weighted by molar-refractivity contribution is -0.112. The fraction of sp³-hybridized carbons (Fsp3) is 0.933. The first kappa shape index (κ1) is 13.7. The lowest BCUT2D eigenvalue weighted by Crippen LogP contribution is -2.51. The van der Waals surface area contributed by atoms with Crippen LogP contribution in [0, 0.1) is 17.2 Å². The molecule has 0 aromatic heterocycles. The molecule has 3 fully saturated rings. The van der Waals surface area contributed by atoms with E-state index in [0.29, 0.717) is 12.0 Å². The minimum Gasteiger partial charge on any atom is -0.375 e. The van der Waals surface area contributed by atoms with Crippen molar-refractivity contribution in [3.05, 3.63) is 0 Å². The predicted molar refractivity (Wildman–Crippen MR) is 78.2 cm³/mol. The highest BCUT2D eigenvalue weighted by molar-refractivity contribution is 7.99. The molecule has 3 rings (SSSR count). The second-order valence-corrected chi connectivity index (χ2v) is 7.45. The van der Waals surface area contributed by atoms with Crippen molar-refractivity contribution in [3.8, 4) is 6.07 Å². The van der Waals surface area contributed by atoms with Crippen LogP contribution in [0.2, 0.25) is 0 Å². The molecule has 0 aliphatic carbocycles. The van der Waals surface area contributed by atoms with Crippen molar-refractivity contribution in [1.82, 2.24) is 4.90 Å². The summed E-state index contributed by atoms with van der Waals surface area (Å²) >= 11 is 2.07. The molecule has 0 saturated carbocycles. The molecule has 106 valence electrons. The number of hydrogen-bond donors (Lipinski definition) is 0. The fourth-order valence-corrected chi connectivity index (χ4v) is 5.04. The normalized spacial score (nSPS) is 33.1. The maximum atomic E-state index is 9.00. The van der Waals surface area contributed by atoms with Gasteiger partial charge in [-0.2, -0.15) is 17.0 Å². The summed E-state index contributed by atoms with van der Waals surface area (Å²) in [5.41, 5.74) is 0.195. The first-order valence-electron chi connectivity index (χ1n) is 7.67. The van der Waals surface area contributed by atoms with E-state index >= 15 is 0 Å². The first-order chi connectivity index (χ1) is 9.31. The van der Waals surface area contributed by atoms with Gasteiger partial charge in [0.15, 0.2) is 0 Å². The quantitative estimate of drug-likeness (QED) is 0.740. The van der Waals surface area contributed by atoms with Crippen molar-refractivity contribution in [2.75, 3.05) is 31.2 Å². The highest BCUT2D eigenvalue weighted by atomic mass is 32.2. The van der Waals surface area contributed by atoms with Crippen LogP contribution in [0.1, 0.15) is 38.5 Å². The van der Waals surface area contributed by atoms with Crippen LogP contribution in [0.15, 0.2) is 0 Å². The number of piperidine rings is 1. The molecule has 0 amide bonds. The number of nitrogens with zero attached hydrogens (tertiary/aromatic N) is 2. The molecule has 0 N–H and O–H groups in total. The minimum atomic E-state index is 0.195. The van der Waals surface area contributed by atoms with Gasteiger partial charge in [-0.05, 0) is 63.1 Å². The van der Waals surface area contributed by atoms with Crippen LogP contribution >= 0.6 is 11.8 Å². The zero-order valence-electron chi connectivity index (χ0n) is 11.6. The van der Waals surface area contributed by atoms with Gasteiger partial charge in [-0.15, -0.1) is 0 Å². The van der Waals surface area contributed by atoms with E-state index in [-0.39, 0.29) is 5.60 Å². The van der Waals surface area contributed by atoms with Crippen molar-refractivity contribution in [2.24, 2.45) is 5.92 Å². The van der Waals surface area contributed by atoms with E-state index in [0.717, 1.165) is 32.5 Å². The van der Waals surface area contributed by atoms with Gasteiger partial charge in [0.2, 0.25) is 0 Å². The van der Waals surface area contributed by atoms with Gasteiger partial charge < -0.3 is 9.64 Å². The number of ether oxygens (including phenoxy) is 1. The molecule has 0 radical (unpaired) electrons. The lowest BCUT2D eigenvalue weighted by Gasteiger charge is -2.47. The van der Waals surface area contributed by atoms with Crippen molar-refractivity contribution in [2.45, 2.75) is 50.2 Å². The van der Waals surface area contributed by atoms with Crippen LogP contribution < -0.4 is 0 Å². The van der Waals surface area contributed by atoms with Crippen LogP contribution in [0.4, 0.5) is 0 Å². The summed E-state index contributed by atoms with van der Waals surface area (Å²) in [5, 5.41) is 9.00. The van der Waals surface area contributed by atoms with E-state index in [2.05, 4.69) is 22.7 Å². The van der Waals surface area contributed by atoms with Gasteiger partial charge in [-0.1, -0.05) is 0 Å². The Bertz CT molecular complexity index is 335. The summed E-state index contributed by atoms with van der Waals surface area (Å²) in [5.74, 6) is 2.84. The molecule has 19 heavy (non-hydrogen) atoms. The molecule has 4 heteroatoms. The second-order valence-electron chi connectivity index (χ2n) is 6.23. The highest BCUT2D eigenvalue weighted by Crippen LogP contribution is 2.39. The Morgan fingerprint density at radius 2 is 1.89 bits per heavy atom. The van der Waals surface area contributed by atoms with E-state index < -0.39 is 0 Å². The van der Waals surface area contributed by atoms with Crippen molar-refractivity contribution in [1.29, 1.82) is 5.26 Å². The summed E-state index contributed by atoms with van der Waals surface area (Å²) in [4.78, 5) is 2.64. The van der Waals surface area contributed by atoms with E-state index in [1.165, 1.54) is 37.2 Å². The van der Waals surface area contributed by atoms with Gasteiger partial charge in [0, 0.05) is 18.6 Å². The van der Waals surface area contributed by atoms with Crippen molar-refractivity contribution in [3.63, 3.8) is 0 Å². The molecule has 1 spiro atoms. The predicted octanol–water partition coefficient (Wildman–Crippen LogP) is 2.67. The highest BCUT2D eigenvalue weighted by Gasteiger charge is 2.40.